The summed E-state index contributed by atoms with van der Waals surface area (Å²) < 4.78 is 30.3. The van der Waals surface area contributed by atoms with Crippen LogP contribution in [0.25, 0.3) is 0 Å². The van der Waals surface area contributed by atoms with E-state index in [0.717, 1.165) is 74.6 Å². The van der Waals surface area contributed by atoms with Gasteiger partial charge in [0, 0.05) is 81.7 Å². The third-order valence-corrected chi connectivity index (χ3v) is 11.5. The van der Waals surface area contributed by atoms with Crippen molar-refractivity contribution in [3.8, 4) is 6.07 Å². The second-order valence-corrected chi connectivity index (χ2v) is 14.8. The van der Waals surface area contributed by atoms with Gasteiger partial charge in [0.05, 0.1) is 24.2 Å². The Kier molecular flexibility index (Phi) is 9.67. The average molecular weight is 702 g/mol. The Morgan fingerprint density at radius 2 is 1.78 bits per heavy atom. The lowest BCUT2D eigenvalue weighted by Gasteiger charge is -2.44. The summed E-state index contributed by atoms with van der Waals surface area (Å²) in [6.07, 6.45) is 1.32. The van der Waals surface area contributed by atoms with Gasteiger partial charge in [0.1, 0.15) is 0 Å². The zero-order valence-corrected chi connectivity index (χ0v) is 29.4. The molecule has 0 bridgehead atoms. The molecule has 14 heteroatoms. The SMILES string of the molecule is CC(=O)N1CCc2c(c(N3CCCc4cc(C#N)c(C(F)F)cc43)nn2C2CCN(CC3[C@H](C)CN(c4ccc(C(=O)O)nn4)C[C@@H]3C)CC2)C1. The van der Waals surface area contributed by atoms with Gasteiger partial charge in [0.15, 0.2) is 17.3 Å². The van der Waals surface area contributed by atoms with Gasteiger partial charge in [-0.05, 0) is 73.3 Å². The van der Waals surface area contributed by atoms with E-state index in [9.17, 15) is 28.7 Å². The number of nitrogens with zero attached hydrogens (tertiary/aromatic N) is 9. The summed E-state index contributed by atoms with van der Waals surface area (Å²) in [7, 11) is 0. The van der Waals surface area contributed by atoms with E-state index in [-0.39, 0.29) is 28.8 Å². The number of carboxylic acid groups (broad SMARTS) is 1. The number of aromatic nitrogens is 4. The number of nitriles is 1. The van der Waals surface area contributed by atoms with Crippen LogP contribution in [0.5, 0.6) is 0 Å². The number of likely N-dealkylation sites (tertiary alicyclic amines) is 1. The molecule has 1 aromatic carbocycles. The average Bonchev–Trinajstić information content (AvgIpc) is 3.51. The van der Waals surface area contributed by atoms with Gasteiger partial charge in [0.2, 0.25) is 5.91 Å². The van der Waals surface area contributed by atoms with E-state index >= 15 is 0 Å². The first kappa shape index (κ1) is 34.8. The molecule has 0 radical (unpaired) electrons. The monoisotopic (exact) mass is 701 g/mol. The van der Waals surface area contributed by atoms with Crippen molar-refractivity contribution in [2.24, 2.45) is 17.8 Å². The number of carbonyl (C=O) groups excluding carboxylic acids is 1. The molecule has 0 saturated carbocycles. The third kappa shape index (κ3) is 6.76. The van der Waals surface area contributed by atoms with Gasteiger partial charge in [-0.15, -0.1) is 10.2 Å². The minimum atomic E-state index is -2.76. The van der Waals surface area contributed by atoms with E-state index in [2.05, 4.69) is 38.5 Å². The van der Waals surface area contributed by atoms with Crippen LogP contribution in [0.15, 0.2) is 24.3 Å². The number of carboxylic acids is 1. The van der Waals surface area contributed by atoms with Crippen molar-refractivity contribution in [2.45, 2.75) is 71.9 Å². The fourth-order valence-corrected chi connectivity index (χ4v) is 8.76. The predicted molar refractivity (Wildman–Crippen MR) is 186 cm³/mol. The smallest absolute Gasteiger partial charge is 0.356 e. The molecule has 2 saturated heterocycles. The lowest BCUT2D eigenvalue weighted by atomic mass is 9.79. The Morgan fingerprint density at radius 1 is 1.04 bits per heavy atom. The summed E-state index contributed by atoms with van der Waals surface area (Å²) in [5.74, 6) is 1.70. The van der Waals surface area contributed by atoms with E-state index in [4.69, 9.17) is 5.10 Å². The second-order valence-electron chi connectivity index (χ2n) is 14.8. The maximum Gasteiger partial charge on any atom is 0.356 e. The summed E-state index contributed by atoms with van der Waals surface area (Å²) in [4.78, 5) is 32.4. The van der Waals surface area contributed by atoms with E-state index in [1.165, 1.54) is 12.1 Å². The maximum absolute atomic E-state index is 14.1. The molecular formula is C37H45F2N9O3. The molecule has 0 spiro atoms. The first-order valence-corrected chi connectivity index (χ1v) is 18.0. The molecule has 4 aliphatic heterocycles. The van der Waals surface area contributed by atoms with E-state index in [0.29, 0.717) is 61.7 Å². The van der Waals surface area contributed by atoms with E-state index in [1.54, 1.807) is 19.1 Å². The maximum atomic E-state index is 14.1. The molecule has 3 aromatic rings. The van der Waals surface area contributed by atoms with Crippen LogP contribution in [0.2, 0.25) is 0 Å². The molecule has 12 nitrogen and oxygen atoms in total. The highest BCUT2D eigenvalue weighted by Crippen LogP contribution is 2.42. The Morgan fingerprint density at radius 3 is 2.41 bits per heavy atom. The van der Waals surface area contributed by atoms with Crippen molar-refractivity contribution >= 4 is 29.2 Å². The Balaban J connectivity index is 1.07. The van der Waals surface area contributed by atoms with Gasteiger partial charge in [0.25, 0.3) is 6.43 Å². The van der Waals surface area contributed by atoms with Crippen molar-refractivity contribution in [1.29, 1.82) is 5.26 Å². The van der Waals surface area contributed by atoms with Gasteiger partial charge in [-0.2, -0.15) is 10.4 Å². The fraction of sp³-hybridized carbons (Fsp3) is 0.568. The van der Waals surface area contributed by atoms with Gasteiger partial charge in [-0.3, -0.25) is 9.48 Å². The number of benzene rings is 1. The molecule has 1 unspecified atom stereocenters. The first-order valence-electron chi connectivity index (χ1n) is 18.0. The van der Waals surface area contributed by atoms with Crippen molar-refractivity contribution < 1.29 is 23.5 Å². The number of rotatable bonds is 7. The van der Waals surface area contributed by atoms with Crippen molar-refractivity contribution in [3.63, 3.8) is 0 Å². The number of anilines is 3. The zero-order valence-electron chi connectivity index (χ0n) is 29.4. The number of carbonyl (C=O) groups is 2. The van der Waals surface area contributed by atoms with Crippen LogP contribution in [0, 0.1) is 29.1 Å². The molecule has 3 atom stereocenters. The highest BCUT2D eigenvalue weighted by atomic mass is 19.3. The van der Waals surface area contributed by atoms with Crippen LogP contribution in [-0.4, -0.2) is 92.6 Å². The molecule has 51 heavy (non-hydrogen) atoms. The number of halogens is 2. The first-order chi connectivity index (χ1) is 24.5. The molecule has 1 N–H and O–H groups in total. The quantitative estimate of drug-likeness (QED) is 0.350. The highest BCUT2D eigenvalue weighted by molar-refractivity contribution is 5.85. The number of aromatic carboxylic acids is 1. The summed E-state index contributed by atoms with van der Waals surface area (Å²) in [5.41, 5.74) is 3.37. The number of hydrogen-bond acceptors (Lipinski definition) is 9. The van der Waals surface area contributed by atoms with Crippen LogP contribution in [-0.2, 0) is 24.2 Å². The minimum absolute atomic E-state index is 0.00339. The molecule has 270 valence electrons. The minimum Gasteiger partial charge on any atom is -0.476 e. The number of hydrogen-bond donors (Lipinski definition) is 1. The molecule has 4 aliphatic rings. The highest BCUT2D eigenvalue weighted by Gasteiger charge is 2.37. The van der Waals surface area contributed by atoms with Gasteiger partial charge in [-0.1, -0.05) is 13.8 Å². The molecule has 2 aromatic heterocycles. The Hall–Kier alpha value is -4.64. The number of piperidine rings is 2. The Labute approximate surface area is 296 Å². The summed E-state index contributed by atoms with van der Waals surface area (Å²) in [6, 6.07) is 8.49. The second kappa shape index (κ2) is 14.2. The molecule has 6 heterocycles. The molecule has 0 aliphatic carbocycles. The fourth-order valence-electron chi connectivity index (χ4n) is 8.76. The Bertz CT molecular complexity index is 1820. The van der Waals surface area contributed by atoms with Crippen molar-refractivity contribution in [3.05, 3.63) is 57.9 Å². The number of fused-ring (bicyclic) bond motifs is 2. The van der Waals surface area contributed by atoms with Crippen LogP contribution < -0.4 is 9.80 Å². The summed E-state index contributed by atoms with van der Waals surface area (Å²) >= 11 is 0. The molecule has 2 fully saturated rings. The van der Waals surface area contributed by atoms with E-state index in [1.807, 2.05) is 15.9 Å². The van der Waals surface area contributed by atoms with Crippen LogP contribution in [0.1, 0.15) is 90.9 Å². The van der Waals surface area contributed by atoms with Gasteiger partial charge >= 0.3 is 5.97 Å². The molecule has 1 amide bonds. The largest absolute Gasteiger partial charge is 0.476 e. The molecular weight excluding hydrogens is 656 g/mol. The topological polar surface area (TPSA) is 135 Å². The number of alkyl halides is 2. The summed E-state index contributed by atoms with van der Waals surface area (Å²) in [6.45, 7) is 12.4. The van der Waals surface area contributed by atoms with Crippen LogP contribution >= 0.6 is 0 Å². The zero-order chi connectivity index (χ0) is 36.0. The standard InChI is InChI=1S/C37H45F2N9O3/c1-22-18-46(34-7-6-31(37(50)51)41-42-34)19-23(2)29(22)20-44-12-8-27(9-13-44)48-32-10-14-45(24(3)49)21-30(32)36(43-48)47-11-4-5-25-15-26(17-40)28(35(38)39)16-33(25)47/h6-7,15-16,22-23,27,29,35H,4-5,8-14,18-21H2,1-3H3,(H,50,51)/t22-,23+,29?. The van der Waals surface area contributed by atoms with Crippen LogP contribution in [0.3, 0.4) is 0 Å². The van der Waals surface area contributed by atoms with Crippen molar-refractivity contribution in [1.82, 2.24) is 29.8 Å². The normalized spacial score (nSPS) is 22.8. The van der Waals surface area contributed by atoms with Gasteiger partial charge in [-0.25, -0.2) is 13.6 Å². The number of amides is 1. The third-order valence-electron chi connectivity index (χ3n) is 11.5. The van der Waals surface area contributed by atoms with Crippen LogP contribution in [0.4, 0.5) is 26.1 Å². The van der Waals surface area contributed by atoms with Gasteiger partial charge < -0.3 is 24.7 Å². The predicted octanol–water partition coefficient (Wildman–Crippen LogP) is 5.21. The molecule has 7 rings (SSSR count). The van der Waals surface area contributed by atoms with Crippen molar-refractivity contribution in [2.75, 3.05) is 55.6 Å². The number of aryl methyl sites for hydroxylation is 1. The lowest BCUT2D eigenvalue weighted by molar-refractivity contribution is -0.129. The summed E-state index contributed by atoms with van der Waals surface area (Å²) in [5, 5.41) is 32.1. The van der Waals surface area contributed by atoms with E-state index < -0.39 is 12.4 Å². The lowest BCUT2D eigenvalue weighted by Crippen LogP contribution is -2.50.